The molecule has 3 rings (SSSR count). The Hall–Kier alpha value is -2.30. The van der Waals surface area contributed by atoms with Gasteiger partial charge in [0.25, 0.3) is 0 Å². The summed E-state index contributed by atoms with van der Waals surface area (Å²) in [7, 11) is 0. The summed E-state index contributed by atoms with van der Waals surface area (Å²) in [6.45, 7) is 2.05. The predicted molar refractivity (Wildman–Crippen MR) is 95.4 cm³/mol. The van der Waals surface area contributed by atoms with Gasteiger partial charge in [0, 0.05) is 21.2 Å². The van der Waals surface area contributed by atoms with Gasteiger partial charge in [-0.05, 0) is 43.3 Å². The van der Waals surface area contributed by atoms with Crippen LogP contribution >= 0.6 is 23.2 Å². The molecule has 1 heterocycles. The quantitative estimate of drug-likeness (QED) is 0.648. The van der Waals surface area contributed by atoms with Crippen LogP contribution in [-0.4, -0.2) is 22.5 Å². The third-order valence-electron chi connectivity index (χ3n) is 3.42. The number of nitrogens with one attached hydrogen (secondary N) is 1. The first-order valence-corrected chi connectivity index (χ1v) is 8.13. The van der Waals surface area contributed by atoms with Crippen LogP contribution in [0.2, 0.25) is 10.0 Å². The van der Waals surface area contributed by atoms with Crippen molar-refractivity contribution in [3.05, 3.63) is 64.3 Å². The Bertz CT molecular complexity index is 856. The number of esters is 1. The summed E-state index contributed by atoms with van der Waals surface area (Å²) < 4.78 is 5.12. The zero-order valence-electron chi connectivity index (χ0n) is 12.8. The smallest absolute Gasteiger partial charge is 0.357 e. The van der Waals surface area contributed by atoms with Crippen molar-refractivity contribution >= 4 is 29.2 Å². The van der Waals surface area contributed by atoms with E-state index in [-0.39, 0.29) is 6.61 Å². The number of hydrogen-bond donors (Lipinski definition) is 1. The molecule has 6 heteroatoms. The Morgan fingerprint density at radius 2 is 1.54 bits per heavy atom. The molecule has 0 saturated heterocycles. The average Bonchev–Trinajstić information content (AvgIpc) is 3.02. The molecule has 0 spiro atoms. The lowest BCUT2D eigenvalue weighted by Crippen LogP contribution is -2.06. The average molecular weight is 361 g/mol. The summed E-state index contributed by atoms with van der Waals surface area (Å²) in [6, 6.07) is 14.3. The molecule has 0 bridgehead atoms. The molecule has 3 aromatic rings. The van der Waals surface area contributed by atoms with Gasteiger partial charge in [0.15, 0.2) is 5.69 Å². The minimum Gasteiger partial charge on any atom is -0.461 e. The Labute approximate surface area is 149 Å². The second kappa shape index (κ2) is 7.07. The van der Waals surface area contributed by atoms with Gasteiger partial charge in [-0.15, -0.1) is 0 Å². The number of benzene rings is 2. The molecule has 0 amide bonds. The molecule has 0 unspecified atom stereocenters. The van der Waals surface area contributed by atoms with Crippen molar-refractivity contribution < 1.29 is 9.53 Å². The highest BCUT2D eigenvalue weighted by Gasteiger charge is 2.20. The molecule has 0 atom stereocenters. The number of hydrogen-bond acceptors (Lipinski definition) is 3. The largest absolute Gasteiger partial charge is 0.461 e. The highest BCUT2D eigenvalue weighted by Crippen LogP contribution is 2.28. The number of carbonyl (C=O) groups is 1. The van der Waals surface area contributed by atoms with Crippen molar-refractivity contribution in [1.82, 2.24) is 9.97 Å². The number of halogens is 2. The van der Waals surface area contributed by atoms with Crippen LogP contribution in [0.1, 0.15) is 17.4 Å². The molecule has 0 aliphatic heterocycles. The summed E-state index contributed by atoms with van der Waals surface area (Å²) in [5.41, 5.74) is 2.43. The highest BCUT2D eigenvalue weighted by molar-refractivity contribution is 6.30. The van der Waals surface area contributed by atoms with E-state index in [0.717, 1.165) is 11.1 Å². The van der Waals surface area contributed by atoms with Gasteiger partial charge in [-0.1, -0.05) is 35.3 Å². The first kappa shape index (κ1) is 16.6. The minimum absolute atomic E-state index is 0.286. The Morgan fingerprint density at radius 1 is 1.00 bits per heavy atom. The van der Waals surface area contributed by atoms with E-state index in [2.05, 4.69) is 9.97 Å². The molecule has 122 valence electrons. The fourth-order valence-electron chi connectivity index (χ4n) is 2.29. The second-order valence-electron chi connectivity index (χ2n) is 5.04. The maximum Gasteiger partial charge on any atom is 0.357 e. The fourth-order valence-corrected chi connectivity index (χ4v) is 2.54. The second-order valence-corrected chi connectivity index (χ2v) is 5.92. The lowest BCUT2D eigenvalue weighted by molar-refractivity contribution is 0.0521. The third-order valence-corrected chi connectivity index (χ3v) is 3.92. The maximum atomic E-state index is 12.3. The van der Waals surface area contributed by atoms with E-state index in [1.807, 2.05) is 24.3 Å². The van der Waals surface area contributed by atoms with E-state index in [9.17, 15) is 4.79 Å². The monoisotopic (exact) mass is 360 g/mol. The van der Waals surface area contributed by atoms with E-state index in [0.29, 0.717) is 27.3 Å². The van der Waals surface area contributed by atoms with Gasteiger partial charge in [0.2, 0.25) is 0 Å². The summed E-state index contributed by atoms with van der Waals surface area (Å²) in [5.74, 6) is 0.120. The summed E-state index contributed by atoms with van der Waals surface area (Å²) in [4.78, 5) is 19.9. The molecule has 0 saturated carbocycles. The molecule has 1 N–H and O–H groups in total. The van der Waals surface area contributed by atoms with Gasteiger partial charge >= 0.3 is 5.97 Å². The number of aromatic nitrogens is 2. The van der Waals surface area contributed by atoms with Crippen LogP contribution in [0.25, 0.3) is 22.6 Å². The Morgan fingerprint density at radius 3 is 2.08 bits per heavy atom. The Kier molecular flexibility index (Phi) is 4.88. The van der Waals surface area contributed by atoms with Gasteiger partial charge in [0.05, 0.1) is 6.61 Å². The zero-order valence-corrected chi connectivity index (χ0v) is 14.4. The van der Waals surface area contributed by atoms with Crippen LogP contribution in [0.4, 0.5) is 0 Å². The number of nitrogens with zero attached hydrogens (tertiary/aromatic N) is 1. The van der Waals surface area contributed by atoms with E-state index in [1.165, 1.54) is 0 Å². The van der Waals surface area contributed by atoms with Gasteiger partial charge in [-0.25, -0.2) is 9.78 Å². The first-order valence-electron chi connectivity index (χ1n) is 7.37. The number of imidazole rings is 1. The van der Waals surface area contributed by atoms with Crippen molar-refractivity contribution in [3.8, 4) is 22.6 Å². The van der Waals surface area contributed by atoms with Crippen molar-refractivity contribution in [1.29, 1.82) is 0 Å². The van der Waals surface area contributed by atoms with Crippen LogP contribution in [0.15, 0.2) is 48.5 Å². The van der Waals surface area contributed by atoms with Gasteiger partial charge < -0.3 is 9.72 Å². The van der Waals surface area contributed by atoms with Crippen molar-refractivity contribution in [2.45, 2.75) is 6.92 Å². The highest BCUT2D eigenvalue weighted by atomic mass is 35.5. The molecular weight excluding hydrogens is 347 g/mol. The van der Waals surface area contributed by atoms with Crippen molar-refractivity contribution in [2.24, 2.45) is 0 Å². The van der Waals surface area contributed by atoms with E-state index in [1.54, 1.807) is 31.2 Å². The summed E-state index contributed by atoms with van der Waals surface area (Å²) >= 11 is 11.9. The molecule has 0 aliphatic rings. The predicted octanol–water partition coefficient (Wildman–Crippen LogP) is 5.23. The molecule has 0 aliphatic carbocycles. The van der Waals surface area contributed by atoms with E-state index < -0.39 is 5.97 Å². The van der Waals surface area contributed by atoms with Crippen molar-refractivity contribution in [3.63, 3.8) is 0 Å². The van der Waals surface area contributed by atoms with Crippen LogP contribution in [0.5, 0.6) is 0 Å². The SMILES string of the molecule is CCOC(=O)c1[nH]c(-c2ccc(Cl)cc2)nc1-c1ccc(Cl)cc1. The number of rotatable bonds is 4. The number of carbonyl (C=O) groups excluding carboxylic acids is 1. The van der Waals surface area contributed by atoms with Crippen LogP contribution in [0, 0.1) is 0 Å². The van der Waals surface area contributed by atoms with Crippen LogP contribution in [0.3, 0.4) is 0 Å². The van der Waals surface area contributed by atoms with Crippen molar-refractivity contribution in [2.75, 3.05) is 6.61 Å². The first-order chi connectivity index (χ1) is 11.6. The van der Waals surface area contributed by atoms with Crippen LogP contribution < -0.4 is 0 Å². The topological polar surface area (TPSA) is 55.0 Å². The molecule has 24 heavy (non-hydrogen) atoms. The normalized spacial score (nSPS) is 10.6. The molecule has 0 radical (unpaired) electrons. The molecule has 1 aromatic heterocycles. The van der Waals surface area contributed by atoms with Gasteiger partial charge in [0.1, 0.15) is 11.5 Å². The maximum absolute atomic E-state index is 12.3. The third kappa shape index (κ3) is 3.45. The van der Waals surface area contributed by atoms with E-state index in [4.69, 9.17) is 27.9 Å². The molecular formula is C18H14Cl2N2O2. The standard InChI is InChI=1S/C18H14Cl2N2O2/c1-2-24-18(23)16-15(11-3-7-13(19)8-4-11)21-17(22-16)12-5-9-14(20)10-6-12/h3-10H,2H2,1H3,(H,21,22). The lowest BCUT2D eigenvalue weighted by atomic mass is 10.1. The molecule has 0 fully saturated rings. The van der Waals surface area contributed by atoms with Crippen LogP contribution in [-0.2, 0) is 4.74 Å². The van der Waals surface area contributed by atoms with Gasteiger partial charge in [-0.2, -0.15) is 0 Å². The van der Waals surface area contributed by atoms with E-state index >= 15 is 0 Å². The zero-order chi connectivity index (χ0) is 17.1. The number of ether oxygens (including phenoxy) is 1. The Balaban J connectivity index is 2.10. The number of H-pyrrole nitrogens is 1. The molecule has 4 nitrogen and oxygen atoms in total. The minimum atomic E-state index is -0.449. The fraction of sp³-hybridized carbons (Fsp3) is 0.111. The summed E-state index contributed by atoms with van der Waals surface area (Å²) in [6.07, 6.45) is 0. The summed E-state index contributed by atoms with van der Waals surface area (Å²) in [5, 5.41) is 1.25. The number of aromatic amines is 1. The molecule has 2 aromatic carbocycles. The lowest BCUT2D eigenvalue weighted by Gasteiger charge is -2.02. The van der Waals surface area contributed by atoms with Gasteiger partial charge in [-0.3, -0.25) is 0 Å².